The Bertz CT molecular complexity index is 636. The van der Waals surface area contributed by atoms with E-state index in [4.69, 9.17) is 5.11 Å². The predicted octanol–water partition coefficient (Wildman–Crippen LogP) is 1.22. The number of carboxylic acid groups (broad SMARTS) is 1. The monoisotopic (exact) mass is 287 g/mol. The third-order valence-corrected chi connectivity index (χ3v) is 3.95. The lowest BCUT2D eigenvalue weighted by atomic mass is 9.89. The average Bonchev–Trinajstić information content (AvgIpc) is 2.89. The minimum atomic E-state index is -1.06. The molecule has 2 N–H and O–H groups in total. The SMILES string of the molecule is CNC(=O)C1(C)CCN(c2ccc(C(=O)O)cc2C#N)C1. The number of nitrogens with one attached hydrogen (secondary N) is 1. The van der Waals surface area contributed by atoms with Crippen LogP contribution >= 0.6 is 0 Å². The predicted molar refractivity (Wildman–Crippen MR) is 77.1 cm³/mol. The second-order valence-corrected chi connectivity index (χ2v) is 5.46. The number of aromatic carboxylic acids is 1. The Labute approximate surface area is 123 Å². The van der Waals surface area contributed by atoms with E-state index in [1.54, 1.807) is 13.1 Å². The van der Waals surface area contributed by atoms with Crippen LogP contribution in [0.2, 0.25) is 0 Å². The molecular formula is C15H17N3O3. The number of anilines is 1. The van der Waals surface area contributed by atoms with Gasteiger partial charge in [-0.2, -0.15) is 5.26 Å². The Balaban J connectivity index is 2.30. The zero-order valence-electron chi connectivity index (χ0n) is 12.0. The highest BCUT2D eigenvalue weighted by atomic mass is 16.4. The van der Waals surface area contributed by atoms with E-state index in [9.17, 15) is 14.9 Å². The number of rotatable bonds is 3. The number of hydrogen-bond donors (Lipinski definition) is 2. The van der Waals surface area contributed by atoms with Gasteiger partial charge in [-0.15, -0.1) is 0 Å². The fourth-order valence-corrected chi connectivity index (χ4v) is 2.69. The summed E-state index contributed by atoms with van der Waals surface area (Å²) in [7, 11) is 1.61. The van der Waals surface area contributed by atoms with Crippen molar-refractivity contribution in [2.45, 2.75) is 13.3 Å². The van der Waals surface area contributed by atoms with Gasteiger partial charge in [0.2, 0.25) is 5.91 Å². The van der Waals surface area contributed by atoms with Crippen LogP contribution in [0, 0.1) is 16.7 Å². The van der Waals surface area contributed by atoms with E-state index >= 15 is 0 Å². The topological polar surface area (TPSA) is 93.4 Å². The number of benzene rings is 1. The van der Waals surface area contributed by atoms with Crippen molar-refractivity contribution in [3.8, 4) is 6.07 Å². The van der Waals surface area contributed by atoms with Crippen LogP contribution in [-0.2, 0) is 4.79 Å². The van der Waals surface area contributed by atoms with E-state index < -0.39 is 11.4 Å². The summed E-state index contributed by atoms with van der Waals surface area (Å²) in [5.74, 6) is -1.08. The third-order valence-electron chi connectivity index (χ3n) is 3.95. The van der Waals surface area contributed by atoms with Gasteiger partial charge in [-0.3, -0.25) is 4.79 Å². The second kappa shape index (κ2) is 5.44. The maximum Gasteiger partial charge on any atom is 0.335 e. The highest BCUT2D eigenvalue weighted by Crippen LogP contribution is 2.35. The summed E-state index contributed by atoms with van der Waals surface area (Å²) in [6, 6.07) is 6.52. The molecule has 1 heterocycles. The van der Waals surface area contributed by atoms with Crippen LogP contribution in [0.5, 0.6) is 0 Å². The van der Waals surface area contributed by atoms with Gasteiger partial charge < -0.3 is 15.3 Å². The molecule has 1 aliphatic rings. The van der Waals surface area contributed by atoms with Crippen molar-refractivity contribution < 1.29 is 14.7 Å². The number of carbonyl (C=O) groups excluding carboxylic acids is 1. The first-order chi connectivity index (χ1) is 9.91. The van der Waals surface area contributed by atoms with Crippen molar-refractivity contribution in [1.82, 2.24) is 5.32 Å². The molecule has 1 aromatic carbocycles. The Morgan fingerprint density at radius 2 is 2.19 bits per heavy atom. The second-order valence-electron chi connectivity index (χ2n) is 5.46. The van der Waals surface area contributed by atoms with Crippen LogP contribution < -0.4 is 10.2 Å². The van der Waals surface area contributed by atoms with Gasteiger partial charge in [-0.25, -0.2) is 4.79 Å². The van der Waals surface area contributed by atoms with Crippen LogP contribution in [0.25, 0.3) is 0 Å². The first-order valence-electron chi connectivity index (χ1n) is 6.66. The molecular weight excluding hydrogens is 270 g/mol. The normalized spacial score (nSPS) is 20.9. The Morgan fingerprint density at radius 1 is 1.48 bits per heavy atom. The number of amides is 1. The van der Waals surface area contributed by atoms with Crippen LogP contribution in [0.4, 0.5) is 5.69 Å². The van der Waals surface area contributed by atoms with Crippen molar-refractivity contribution >= 4 is 17.6 Å². The van der Waals surface area contributed by atoms with Gasteiger partial charge in [0.05, 0.1) is 22.2 Å². The molecule has 110 valence electrons. The van der Waals surface area contributed by atoms with Gasteiger partial charge in [0.25, 0.3) is 0 Å². The largest absolute Gasteiger partial charge is 0.478 e. The molecule has 1 unspecified atom stereocenters. The molecule has 6 heteroatoms. The van der Waals surface area contributed by atoms with Crippen molar-refractivity contribution in [3.05, 3.63) is 29.3 Å². The molecule has 1 fully saturated rings. The quantitative estimate of drug-likeness (QED) is 0.871. The van der Waals surface area contributed by atoms with E-state index in [0.29, 0.717) is 30.8 Å². The fourth-order valence-electron chi connectivity index (χ4n) is 2.69. The van der Waals surface area contributed by atoms with Crippen LogP contribution in [0.15, 0.2) is 18.2 Å². The smallest absolute Gasteiger partial charge is 0.335 e. The number of hydrogen-bond acceptors (Lipinski definition) is 4. The summed E-state index contributed by atoms with van der Waals surface area (Å²) in [6.07, 6.45) is 0.693. The summed E-state index contributed by atoms with van der Waals surface area (Å²) in [5, 5.41) is 20.9. The molecule has 0 bridgehead atoms. The third kappa shape index (κ3) is 2.68. The molecule has 6 nitrogen and oxygen atoms in total. The summed E-state index contributed by atoms with van der Waals surface area (Å²) in [4.78, 5) is 24.8. The molecule has 0 aromatic heterocycles. The molecule has 0 radical (unpaired) electrons. The van der Waals surface area contributed by atoms with E-state index in [-0.39, 0.29) is 11.5 Å². The van der Waals surface area contributed by atoms with E-state index in [0.717, 1.165) is 0 Å². The van der Waals surface area contributed by atoms with Crippen LogP contribution in [-0.4, -0.2) is 37.1 Å². The lowest BCUT2D eigenvalue weighted by Crippen LogP contribution is -2.39. The minimum Gasteiger partial charge on any atom is -0.478 e. The summed E-state index contributed by atoms with van der Waals surface area (Å²) in [6.45, 7) is 3.06. The first kappa shape index (κ1) is 14.9. The lowest BCUT2D eigenvalue weighted by molar-refractivity contribution is -0.128. The molecule has 1 saturated heterocycles. The molecule has 1 aromatic rings. The molecule has 0 spiro atoms. The molecule has 0 saturated carbocycles. The average molecular weight is 287 g/mol. The highest BCUT2D eigenvalue weighted by molar-refractivity contribution is 5.89. The van der Waals surface area contributed by atoms with Crippen LogP contribution in [0.3, 0.4) is 0 Å². The zero-order valence-corrected chi connectivity index (χ0v) is 12.0. The van der Waals surface area contributed by atoms with Gasteiger partial charge in [0.1, 0.15) is 6.07 Å². The number of nitriles is 1. The lowest BCUT2D eigenvalue weighted by Gasteiger charge is -2.24. The van der Waals surface area contributed by atoms with Gasteiger partial charge in [0.15, 0.2) is 0 Å². The van der Waals surface area contributed by atoms with Gasteiger partial charge in [-0.1, -0.05) is 0 Å². The Morgan fingerprint density at radius 3 is 2.76 bits per heavy atom. The van der Waals surface area contributed by atoms with Gasteiger partial charge in [0, 0.05) is 20.1 Å². The number of carbonyl (C=O) groups is 2. The molecule has 1 atom stereocenters. The highest BCUT2D eigenvalue weighted by Gasteiger charge is 2.40. The van der Waals surface area contributed by atoms with Crippen LogP contribution in [0.1, 0.15) is 29.3 Å². The maximum atomic E-state index is 11.9. The first-order valence-corrected chi connectivity index (χ1v) is 6.66. The maximum absolute atomic E-state index is 11.9. The zero-order chi connectivity index (χ0) is 15.6. The van der Waals surface area contributed by atoms with Crippen molar-refractivity contribution in [2.24, 2.45) is 5.41 Å². The number of nitrogens with zero attached hydrogens (tertiary/aromatic N) is 2. The fraction of sp³-hybridized carbons (Fsp3) is 0.400. The van der Waals surface area contributed by atoms with E-state index in [1.165, 1.54) is 12.1 Å². The minimum absolute atomic E-state index is 0.0225. The Hall–Kier alpha value is -2.55. The molecule has 1 aliphatic heterocycles. The summed E-state index contributed by atoms with van der Waals surface area (Å²) in [5.41, 5.74) is 0.585. The van der Waals surface area contributed by atoms with Crippen molar-refractivity contribution in [3.63, 3.8) is 0 Å². The van der Waals surface area contributed by atoms with Crippen molar-refractivity contribution in [2.75, 3.05) is 25.0 Å². The summed E-state index contributed by atoms with van der Waals surface area (Å²) >= 11 is 0. The molecule has 1 amide bonds. The molecule has 21 heavy (non-hydrogen) atoms. The van der Waals surface area contributed by atoms with Gasteiger partial charge in [-0.05, 0) is 31.5 Å². The molecule has 0 aliphatic carbocycles. The number of carboxylic acids is 1. The Kier molecular flexibility index (Phi) is 3.85. The van der Waals surface area contributed by atoms with E-state index in [1.807, 2.05) is 17.9 Å². The molecule has 2 rings (SSSR count). The van der Waals surface area contributed by atoms with E-state index in [2.05, 4.69) is 5.32 Å². The summed E-state index contributed by atoms with van der Waals surface area (Å²) < 4.78 is 0. The van der Waals surface area contributed by atoms with Crippen molar-refractivity contribution in [1.29, 1.82) is 5.26 Å². The standard InChI is InChI=1S/C15H17N3O3/c1-15(14(21)17-2)5-6-18(9-15)12-4-3-10(13(19)20)7-11(12)8-16/h3-4,7H,5-6,9H2,1-2H3,(H,17,21)(H,19,20). The van der Waals surface area contributed by atoms with Gasteiger partial charge >= 0.3 is 5.97 Å².